The van der Waals surface area contributed by atoms with Crippen molar-refractivity contribution in [3.8, 4) is 11.5 Å². The van der Waals surface area contributed by atoms with Crippen molar-refractivity contribution in [1.82, 2.24) is 5.43 Å². The van der Waals surface area contributed by atoms with E-state index in [9.17, 15) is 4.79 Å². The SMILES string of the molecule is COc1ccccc1OCC(=O)N/N=C\c1cc2c(cc1Cl)N(C)C(C)(C)CC2C. The lowest BCUT2D eigenvalue weighted by Crippen LogP contribution is -2.45. The van der Waals surface area contributed by atoms with E-state index in [2.05, 4.69) is 49.3 Å². The fourth-order valence-electron chi connectivity index (χ4n) is 3.79. The van der Waals surface area contributed by atoms with Gasteiger partial charge in [0.1, 0.15) is 0 Å². The van der Waals surface area contributed by atoms with Crippen LogP contribution in [0.5, 0.6) is 11.5 Å². The van der Waals surface area contributed by atoms with Crippen molar-refractivity contribution in [2.24, 2.45) is 5.10 Å². The Labute approximate surface area is 182 Å². The third-order valence-corrected chi connectivity index (χ3v) is 5.90. The summed E-state index contributed by atoms with van der Waals surface area (Å²) < 4.78 is 10.7. The first kappa shape index (κ1) is 22.0. The molecule has 0 bridgehead atoms. The van der Waals surface area contributed by atoms with E-state index in [1.54, 1.807) is 25.5 Å². The number of carbonyl (C=O) groups is 1. The molecule has 3 rings (SSSR count). The third-order valence-electron chi connectivity index (χ3n) is 5.57. The minimum Gasteiger partial charge on any atom is -0.493 e. The van der Waals surface area contributed by atoms with Crippen molar-refractivity contribution in [3.05, 3.63) is 52.5 Å². The van der Waals surface area contributed by atoms with Crippen LogP contribution in [-0.4, -0.2) is 38.4 Å². The van der Waals surface area contributed by atoms with Crippen LogP contribution in [0.4, 0.5) is 5.69 Å². The molecule has 1 aliphatic rings. The zero-order valence-electron chi connectivity index (χ0n) is 18.0. The van der Waals surface area contributed by atoms with Gasteiger partial charge in [-0.15, -0.1) is 0 Å². The minimum absolute atomic E-state index is 0.0702. The van der Waals surface area contributed by atoms with Crippen molar-refractivity contribution < 1.29 is 14.3 Å². The number of hydrogen-bond acceptors (Lipinski definition) is 5. The van der Waals surface area contributed by atoms with Crippen molar-refractivity contribution in [2.75, 3.05) is 25.7 Å². The summed E-state index contributed by atoms with van der Waals surface area (Å²) in [5.74, 6) is 1.09. The average molecular weight is 430 g/mol. The molecule has 0 aliphatic carbocycles. The fraction of sp³-hybridized carbons (Fsp3) is 0.391. The lowest BCUT2D eigenvalue weighted by molar-refractivity contribution is -0.123. The Morgan fingerprint density at radius 3 is 2.73 bits per heavy atom. The maximum absolute atomic E-state index is 12.1. The molecule has 2 aromatic rings. The molecular formula is C23H28ClN3O3. The van der Waals surface area contributed by atoms with Gasteiger partial charge in [-0.25, -0.2) is 5.43 Å². The first-order valence-corrected chi connectivity index (χ1v) is 10.3. The summed E-state index contributed by atoms with van der Waals surface area (Å²) in [6, 6.07) is 11.2. The number of fused-ring (bicyclic) bond motifs is 1. The van der Waals surface area contributed by atoms with E-state index in [1.807, 2.05) is 18.2 Å². The lowest BCUT2D eigenvalue weighted by Gasteiger charge is -2.45. The highest BCUT2D eigenvalue weighted by atomic mass is 35.5. The largest absolute Gasteiger partial charge is 0.493 e. The van der Waals surface area contributed by atoms with Crippen molar-refractivity contribution in [2.45, 2.75) is 38.6 Å². The van der Waals surface area contributed by atoms with Crippen LogP contribution in [0.2, 0.25) is 5.02 Å². The van der Waals surface area contributed by atoms with E-state index in [0.29, 0.717) is 22.4 Å². The number of carbonyl (C=O) groups excluding carboxylic acids is 1. The number of rotatable bonds is 6. The Balaban J connectivity index is 1.65. The van der Waals surface area contributed by atoms with E-state index in [0.717, 1.165) is 17.7 Å². The Hall–Kier alpha value is -2.73. The van der Waals surface area contributed by atoms with Gasteiger partial charge in [-0.3, -0.25) is 4.79 Å². The predicted molar refractivity (Wildman–Crippen MR) is 121 cm³/mol. The summed E-state index contributed by atoms with van der Waals surface area (Å²) in [4.78, 5) is 14.3. The molecule has 1 heterocycles. The molecule has 6 nitrogen and oxygen atoms in total. The highest BCUT2D eigenvalue weighted by Gasteiger charge is 2.34. The Morgan fingerprint density at radius 2 is 2.03 bits per heavy atom. The monoisotopic (exact) mass is 429 g/mol. The van der Waals surface area contributed by atoms with Gasteiger partial charge >= 0.3 is 0 Å². The maximum atomic E-state index is 12.1. The van der Waals surface area contributed by atoms with Crippen LogP contribution in [0.25, 0.3) is 0 Å². The predicted octanol–water partition coefficient (Wildman–Crippen LogP) is 4.60. The van der Waals surface area contributed by atoms with E-state index >= 15 is 0 Å². The highest BCUT2D eigenvalue weighted by Crippen LogP contribution is 2.44. The highest BCUT2D eigenvalue weighted by molar-refractivity contribution is 6.33. The topological polar surface area (TPSA) is 63.2 Å². The van der Waals surface area contributed by atoms with E-state index in [4.69, 9.17) is 21.1 Å². The first-order chi connectivity index (χ1) is 14.2. The number of nitrogens with one attached hydrogen (secondary N) is 1. The number of methoxy groups -OCH3 is 1. The van der Waals surface area contributed by atoms with Gasteiger partial charge in [0.25, 0.3) is 5.91 Å². The summed E-state index contributed by atoms with van der Waals surface area (Å²) in [6.45, 7) is 6.52. The van der Waals surface area contributed by atoms with Gasteiger partial charge in [-0.1, -0.05) is 30.7 Å². The van der Waals surface area contributed by atoms with Crippen LogP contribution in [0.1, 0.15) is 44.2 Å². The molecule has 0 radical (unpaired) electrons. The summed E-state index contributed by atoms with van der Waals surface area (Å²) in [6.07, 6.45) is 2.61. The van der Waals surface area contributed by atoms with Crippen molar-refractivity contribution in [1.29, 1.82) is 0 Å². The molecule has 0 saturated carbocycles. The molecule has 0 fully saturated rings. The Bertz CT molecular complexity index is 959. The van der Waals surface area contributed by atoms with Gasteiger partial charge in [-0.05, 0) is 56.0 Å². The van der Waals surface area contributed by atoms with Gasteiger partial charge in [0.2, 0.25) is 0 Å². The van der Waals surface area contributed by atoms with Gasteiger partial charge in [-0.2, -0.15) is 5.10 Å². The van der Waals surface area contributed by atoms with Gasteiger partial charge < -0.3 is 14.4 Å². The number of para-hydroxylation sites is 2. The second-order valence-electron chi connectivity index (χ2n) is 8.14. The van der Waals surface area contributed by atoms with E-state index in [1.165, 1.54) is 5.56 Å². The molecule has 1 N–H and O–H groups in total. The lowest BCUT2D eigenvalue weighted by atomic mass is 9.80. The zero-order chi connectivity index (χ0) is 21.9. The van der Waals surface area contributed by atoms with Crippen molar-refractivity contribution >= 4 is 29.4 Å². The molecule has 1 aliphatic heterocycles. The molecule has 1 atom stereocenters. The standard InChI is InChI=1S/C23H28ClN3O3/c1-15-12-23(2,3)27(4)19-11-18(24)16(10-17(15)19)13-25-26-22(28)14-30-21-9-7-6-8-20(21)29-5/h6-11,13,15H,12,14H2,1-5H3,(H,26,28)/b25-13-. The Morgan fingerprint density at radius 1 is 1.33 bits per heavy atom. The summed E-state index contributed by atoms with van der Waals surface area (Å²) >= 11 is 6.49. The number of hydrogen-bond donors (Lipinski definition) is 1. The fourth-order valence-corrected chi connectivity index (χ4v) is 4.00. The molecule has 1 unspecified atom stereocenters. The number of amides is 1. The van der Waals surface area contributed by atoms with Gasteiger partial charge in [0.15, 0.2) is 18.1 Å². The summed E-state index contributed by atoms with van der Waals surface area (Å²) in [5, 5.41) is 4.64. The van der Waals surface area contributed by atoms with Crippen LogP contribution < -0.4 is 19.8 Å². The molecule has 0 aromatic heterocycles. The van der Waals surface area contributed by atoms with Crippen LogP contribution in [0, 0.1) is 0 Å². The second-order valence-corrected chi connectivity index (χ2v) is 8.55. The molecule has 30 heavy (non-hydrogen) atoms. The molecule has 0 saturated heterocycles. The van der Waals surface area contributed by atoms with Crippen molar-refractivity contribution in [3.63, 3.8) is 0 Å². The number of nitrogens with zero attached hydrogens (tertiary/aromatic N) is 2. The quantitative estimate of drug-likeness (QED) is 0.538. The number of halogens is 1. The van der Waals surface area contributed by atoms with Crippen LogP contribution in [-0.2, 0) is 4.79 Å². The molecule has 0 spiro atoms. The summed E-state index contributed by atoms with van der Waals surface area (Å²) in [7, 11) is 3.64. The Kier molecular flexibility index (Phi) is 6.56. The first-order valence-electron chi connectivity index (χ1n) is 9.88. The van der Waals surface area contributed by atoms with E-state index in [-0.39, 0.29) is 18.1 Å². The van der Waals surface area contributed by atoms with Crippen LogP contribution in [0.3, 0.4) is 0 Å². The van der Waals surface area contributed by atoms with Gasteiger partial charge in [0, 0.05) is 23.8 Å². The third kappa shape index (κ3) is 4.70. The normalized spacial score (nSPS) is 17.5. The smallest absolute Gasteiger partial charge is 0.277 e. The average Bonchev–Trinajstić information content (AvgIpc) is 2.71. The summed E-state index contributed by atoms with van der Waals surface area (Å²) in [5.41, 5.74) is 5.67. The number of hydrazone groups is 1. The minimum atomic E-state index is -0.374. The molecule has 7 heteroatoms. The van der Waals surface area contributed by atoms with Crippen LogP contribution >= 0.6 is 11.6 Å². The zero-order valence-corrected chi connectivity index (χ0v) is 18.8. The van der Waals surface area contributed by atoms with E-state index < -0.39 is 0 Å². The number of ether oxygens (including phenoxy) is 2. The molecule has 2 aromatic carbocycles. The van der Waals surface area contributed by atoms with Crippen LogP contribution in [0.15, 0.2) is 41.5 Å². The van der Waals surface area contributed by atoms with Gasteiger partial charge in [0.05, 0.1) is 18.3 Å². The maximum Gasteiger partial charge on any atom is 0.277 e. The molecule has 1 amide bonds. The molecule has 160 valence electrons. The molecular weight excluding hydrogens is 402 g/mol. The number of anilines is 1. The second kappa shape index (κ2) is 8.96. The number of benzene rings is 2.